The minimum Gasteiger partial charge on any atom is -0.490 e. The van der Waals surface area contributed by atoms with E-state index in [1.807, 2.05) is 49.4 Å². The second kappa shape index (κ2) is 9.05. The normalized spacial score (nSPS) is 18.1. The number of allylic oxidation sites excluding steroid dienone is 1. The first-order valence-corrected chi connectivity index (χ1v) is 10.9. The summed E-state index contributed by atoms with van der Waals surface area (Å²) in [5.41, 5.74) is 2.07. The second-order valence-electron chi connectivity index (χ2n) is 6.02. The molecule has 150 valence electrons. The van der Waals surface area contributed by atoms with E-state index in [0.29, 0.717) is 42.6 Å². The number of esters is 1. The number of carbonyl (C=O) groups is 1. The average Bonchev–Trinajstić information content (AvgIpc) is 3.11. The average molecular weight is 467 g/mol. The Hall–Kier alpha value is -1.93. The fourth-order valence-electron chi connectivity index (χ4n) is 3.19. The first-order valence-electron chi connectivity index (χ1n) is 9.19. The van der Waals surface area contributed by atoms with Crippen LogP contribution in [0.1, 0.15) is 39.3 Å². The highest BCUT2D eigenvalue weighted by atomic mass is 79.9. The van der Waals surface area contributed by atoms with Crippen LogP contribution in [0.25, 0.3) is 0 Å². The Labute approximate surface area is 177 Å². The molecule has 0 aromatic heterocycles. The summed E-state index contributed by atoms with van der Waals surface area (Å²) in [5, 5.41) is 2.79. The number of nitrogens with zero attached hydrogens (tertiary/aromatic N) is 2. The molecule has 0 saturated carbocycles. The number of aliphatic imine (C=N–C) groups is 1. The van der Waals surface area contributed by atoms with Gasteiger partial charge in [0, 0.05) is 6.20 Å². The monoisotopic (exact) mass is 466 g/mol. The van der Waals surface area contributed by atoms with E-state index < -0.39 is 0 Å². The molecule has 3 rings (SSSR count). The van der Waals surface area contributed by atoms with Gasteiger partial charge in [-0.05, 0) is 66.7 Å². The topological polar surface area (TPSA) is 60.4 Å². The van der Waals surface area contributed by atoms with Gasteiger partial charge >= 0.3 is 5.97 Å². The Morgan fingerprint density at radius 1 is 1.21 bits per heavy atom. The van der Waals surface area contributed by atoms with Gasteiger partial charge < -0.3 is 19.1 Å². The van der Waals surface area contributed by atoms with Crippen molar-refractivity contribution < 1.29 is 19.0 Å². The van der Waals surface area contributed by atoms with Crippen molar-refractivity contribution in [3.63, 3.8) is 0 Å². The van der Waals surface area contributed by atoms with Gasteiger partial charge in [-0.3, -0.25) is 0 Å². The van der Waals surface area contributed by atoms with Gasteiger partial charge in [-0.15, -0.1) is 0 Å². The molecular weight excluding hydrogens is 444 g/mol. The molecule has 28 heavy (non-hydrogen) atoms. The van der Waals surface area contributed by atoms with Crippen LogP contribution in [0.5, 0.6) is 11.5 Å². The lowest BCUT2D eigenvalue weighted by Gasteiger charge is -2.33. The van der Waals surface area contributed by atoms with Gasteiger partial charge in [0.2, 0.25) is 0 Å². The molecular formula is C20H23BrN2O4S. The molecule has 0 saturated heterocycles. The van der Waals surface area contributed by atoms with Gasteiger partial charge in [0.1, 0.15) is 0 Å². The summed E-state index contributed by atoms with van der Waals surface area (Å²) in [6.45, 7) is 8.83. The maximum atomic E-state index is 12.8. The lowest BCUT2D eigenvalue weighted by molar-refractivity contribution is -0.139. The summed E-state index contributed by atoms with van der Waals surface area (Å²) in [5.74, 6) is 0.929. The van der Waals surface area contributed by atoms with E-state index in [2.05, 4.69) is 20.9 Å². The third kappa shape index (κ3) is 3.93. The Bertz CT molecular complexity index is 866. The first kappa shape index (κ1) is 20.8. The fourth-order valence-corrected chi connectivity index (χ4v) is 4.56. The molecule has 1 aromatic rings. The van der Waals surface area contributed by atoms with Gasteiger partial charge in [-0.1, -0.05) is 11.8 Å². The van der Waals surface area contributed by atoms with Gasteiger partial charge in [-0.2, -0.15) is 0 Å². The van der Waals surface area contributed by atoms with Gasteiger partial charge in [0.05, 0.1) is 41.6 Å². The lowest BCUT2D eigenvalue weighted by Crippen LogP contribution is -2.34. The highest BCUT2D eigenvalue weighted by molar-refractivity contribution is 9.10. The van der Waals surface area contributed by atoms with E-state index in [1.54, 1.807) is 6.92 Å². The Kier molecular flexibility index (Phi) is 6.72. The number of halogens is 1. The molecule has 0 unspecified atom stereocenters. The number of hydrogen-bond acceptors (Lipinski definition) is 7. The Morgan fingerprint density at radius 2 is 1.96 bits per heavy atom. The van der Waals surface area contributed by atoms with E-state index in [-0.39, 0.29) is 12.0 Å². The zero-order valence-corrected chi connectivity index (χ0v) is 18.7. The van der Waals surface area contributed by atoms with Crippen molar-refractivity contribution in [3.05, 3.63) is 45.0 Å². The quantitative estimate of drug-likeness (QED) is 0.526. The van der Waals surface area contributed by atoms with Crippen molar-refractivity contribution in [2.24, 2.45) is 4.99 Å². The molecule has 2 aliphatic heterocycles. The summed E-state index contributed by atoms with van der Waals surface area (Å²) in [7, 11) is 0. The molecule has 0 spiro atoms. The van der Waals surface area contributed by atoms with Crippen molar-refractivity contribution in [1.82, 2.24) is 4.90 Å². The third-order valence-corrected chi connectivity index (χ3v) is 5.61. The smallest absolute Gasteiger partial charge is 0.338 e. The molecule has 6 nitrogen and oxygen atoms in total. The van der Waals surface area contributed by atoms with Crippen molar-refractivity contribution in [2.75, 3.05) is 19.8 Å². The Balaban J connectivity index is 2.14. The highest BCUT2D eigenvalue weighted by Crippen LogP contribution is 2.45. The van der Waals surface area contributed by atoms with Crippen LogP contribution in [0.2, 0.25) is 0 Å². The van der Waals surface area contributed by atoms with E-state index in [1.165, 1.54) is 11.8 Å². The number of benzene rings is 1. The maximum Gasteiger partial charge on any atom is 0.338 e. The van der Waals surface area contributed by atoms with Crippen LogP contribution < -0.4 is 9.47 Å². The molecule has 2 heterocycles. The summed E-state index contributed by atoms with van der Waals surface area (Å²) < 4.78 is 17.7. The van der Waals surface area contributed by atoms with E-state index >= 15 is 0 Å². The van der Waals surface area contributed by atoms with E-state index in [9.17, 15) is 4.79 Å². The number of ether oxygens (including phenoxy) is 3. The van der Waals surface area contributed by atoms with Crippen LogP contribution in [-0.2, 0) is 9.53 Å². The molecule has 0 N–H and O–H groups in total. The minimum atomic E-state index is -0.360. The van der Waals surface area contributed by atoms with Crippen molar-refractivity contribution in [2.45, 2.75) is 33.7 Å². The largest absolute Gasteiger partial charge is 0.490 e. The van der Waals surface area contributed by atoms with Crippen molar-refractivity contribution in [3.8, 4) is 11.5 Å². The van der Waals surface area contributed by atoms with Crippen LogP contribution in [0.15, 0.2) is 44.5 Å². The molecule has 0 fully saturated rings. The predicted octanol–water partition coefficient (Wildman–Crippen LogP) is 5.01. The van der Waals surface area contributed by atoms with Crippen LogP contribution in [0.4, 0.5) is 0 Å². The number of fused-ring (bicyclic) bond motifs is 1. The number of hydrogen-bond donors (Lipinski definition) is 0. The van der Waals surface area contributed by atoms with Crippen molar-refractivity contribution in [1.29, 1.82) is 0 Å². The summed E-state index contributed by atoms with van der Waals surface area (Å²) in [6, 6.07) is 3.53. The number of rotatable bonds is 7. The lowest BCUT2D eigenvalue weighted by atomic mass is 9.94. The van der Waals surface area contributed by atoms with Crippen molar-refractivity contribution >= 4 is 38.8 Å². The van der Waals surface area contributed by atoms with Crippen LogP contribution in [0.3, 0.4) is 0 Å². The molecule has 0 amide bonds. The van der Waals surface area contributed by atoms with Gasteiger partial charge in [0.15, 0.2) is 16.7 Å². The second-order valence-corrected chi connectivity index (χ2v) is 7.75. The van der Waals surface area contributed by atoms with E-state index in [4.69, 9.17) is 14.2 Å². The summed E-state index contributed by atoms with van der Waals surface area (Å²) >= 11 is 5.13. The SMILES string of the molecule is CCOC(=O)C1=C(C)N=C2SC=CN2[C@H]1c1cc(Br)c(OCC)c(OCC)c1. The predicted molar refractivity (Wildman–Crippen MR) is 115 cm³/mol. The van der Waals surface area contributed by atoms with Gasteiger partial charge in [0.25, 0.3) is 0 Å². The Morgan fingerprint density at radius 3 is 2.64 bits per heavy atom. The zero-order valence-electron chi connectivity index (χ0n) is 16.3. The van der Waals surface area contributed by atoms with E-state index in [0.717, 1.165) is 15.2 Å². The molecule has 0 bridgehead atoms. The molecule has 0 radical (unpaired) electrons. The fraction of sp³-hybridized carbons (Fsp3) is 0.400. The first-order chi connectivity index (χ1) is 13.5. The van der Waals surface area contributed by atoms with Gasteiger partial charge in [-0.25, -0.2) is 9.79 Å². The molecule has 1 aromatic carbocycles. The number of carbonyl (C=O) groups excluding carboxylic acids is 1. The van der Waals surface area contributed by atoms with Crippen LogP contribution in [0, 0.1) is 0 Å². The molecule has 0 aliphatic carbocycles. The molecule has 8 heteroatoms. The maximum absolute atomic E-state index is 12.8. The molecule has 1 atom stereocenters. The standard InChI is InChI=1S/C20H23BrN2O4S/c1-5-25-15-11-13(10-14(21)18(15)26-6-2)17-16(19(24)27-7-3)12(4)22-20-23(17)8-9-28-20/h8-11,17H,5-7H2,1-4H3/t17-/m0/s1. The minimum absolute atomic E-state index is 0.306. The number of amidine groups is 1. The zero-order chi connectivity index (χ0) is 20.3. The van der Waals surface area contributed by atoms with Crippen LogP contribution >= 0.6 is 27.7 Å². The summed E-state index contributed by atoms with van der Waals surface area (Å²) in [6.07, 6.45) is 1.94. The van der Waals surface area contributed by atoms with Crippen LogP contribution in [-0.4, -0.2) is 35.9 Å². The number of thioether (sulfide) groups is 1. The molecule has 2 aliphatic rings. The highest BCUT2D eigenvalue weighted by Gasteiger charge is 2.38. The third-order valence-electron chi connectivity index (χ3n) is 4.25. The summed E-state index contributed by atoms with van der Waals surface area (Å²) in [4.78, 5) is 19.3.